The third kappa shape index (κ3) is 15.5. The number of aliphatic hydroxyl groups is 1. The quantitative estimate of drug-likeness (QED) is 0.275. The summed E-state index contributed by atoms with van der Waals surface area (Å²) in [5.41, 5.74) is 1.81. The number of nitrogens with one attached hydrogen (secondary N) is 2. The molecular weight excluding hydrogens is 540 g/mol. The maximum absolute atomic E-state index is 13.2. The lowest BCUT2D eigenvalue weighted by Crippen LogP contribution is -2.58. The van der Waals surface area contributed by atoms with Crippen molar-refractivity contribution in [3.05, 3.63) is 47.5 Å². The van der Waals surface area contributed by atoms with Gasteiger partial charge in [-0.2, -0.15) is 0 Å². The molecule has 0 spiro atoms. The van der Waals surface area contributed by atoms with Gasteiger partial charge in [-0.3, -0.25) is 19.3 Å². The van der Waals surface area contributed by atoms with Crippen molar-refractivity contribution in [1.29, 1.82) is 0 Å². The van der Waals surface area contributed by atoms with Gasteiger partial charge in [0.2, 0.25) is 17.7 Å². The van der Waals surface area contributed by atoms with Crippen LogP contribution in [0.5, 0.6) is 0 Å². The number of benzene rings is 1. The molecule has 3 amide bonds. The summed E-state index contributed by atoms with van der Waals surface area (Å²) in [6.45, 7) is 19.1. The van der Waals surface area contributed by atoms with Crippen molar-refractivity contribution >= 4 is 17.7 Å². The molecule has 3 N–H and O–H groups in total. The molecule has 1 aliphatic rings. The van der Waals surface area contributed by atoms with E-state index in [2.05, 4.69) is 62.3 Å². The van der Waals surface area contributed by atoms with Crippen LogP contribution in [0.3, 0.4) is 0 Å². The fourth-order valence-corrected chi connectivity index (χ4v) is 4.56. The van der Waals surface area contributed by atoms with E-state index in [-0.39, 0.29) is 48.9 Å². The summed E-state index contributed by atoms with van der Waals surface area (Å²) >= 11 is 0. The maximum atomic E-state index is 13.2. The van der Waals surface area contributed by atoms with Crippen LogP contribution >= 0.6 is 0 Å². The molecule has 2 rings (SSSR count). The summed E-state index contributed by atoms with van der Waals surface area (Å²) in [6.07, 6.45) is 7.50. The van der Waals surface area contributed by atoms with Gasteiger partial charge in [-0.15, -0.1) is 0 Å². The zero-order valence-corrected chi connectivity index (χ0v) is 28.8. The van der Waals surface area contributed by atoms with Gasteiger partial charge >= 0.3 is 0 Å². The molecule has 1 aromatic carbocycles. The van der Waals surface area contributed by atoms with E-state index in [0.717, 1.165) is 32.2 Å². The number of likely N-dealkylation sites (tertiary alicyclic amines) is 1. The van der Waals surface area contributed by atoms with E-state index < -0.39 is 6.04 Å². The molecule has 0 radical (unpaired) electrons. The molecule has 8 nitrogen and oxygen atoms in total. The second-order valence-corrected chi connectivity index (χ2v) is 12.0. The topological polar surface area (TPSA) is 102 Å². The Morgan fingerprint density at radius 3 is 2.09 bits per heavy atom. The van der Waals surface area contributed by atoms with Crippen molar-refractivity contribution in [2.24, 2.45) is 5.92 Å². The zero-order valence-electron chi connectivity index (χ0n) is 28.8. The number of nitrogens with zero attached hydrogens (tertiary/aromatic N) is 2. The van der Waals surface area contributed by atoms with Crippen LogP contribution in [0, 0.1) is 12.8 Å². The molecule has 1 aromatic rings. The van der Waals surface area contributed by atoms with E-state index in [1.807, 2.05) is 39.0 Å². The molecule has 0 aromatic heterocycles. The van der Waals surface area contributed by atoms with Crippen molar-refractivity contribution in [2.45, 2.75) is 125 Å². The molecule has 1 aliphatic heterocycles. The number of amides is 3. The number of aryl methyl sites for hydroxylation is 1. The standard InChI is InChI=1S/C25H46N4O4.C7H8.C3H8/c1-8-19(6)29-14-11-10-12-21(29)24(32)27-22(17(3)4)25(33)28(7)15-13-18(5)23(31)26-20(9-2)16-30;1-7-5-3-2-4-6-7;1-3-2/h13,17,19-22,30H,8-12,14-16H2,1-7H3,(H,26,31)(H,27,32);2-6H,1H3;3H2,1-2H3/b18-13+;;. The Morgan fingerprint density at radius 1 is 1.02 bits per heavy atom. The Balaban J connectivity index is 0.00000149. The van der Waals surface area contributed by atoms with Gasteiger partial charge in [0, 0.05) is 25.2 Å². The highest BCUT2D eigenvalue weighted by Crippen LogP contribution is 2.21. The first-order valence-electron chi connectivity index (χ1n) is 16.3. The minimum atomic E-state index is -0.621. The lowest BCUT2D eigenvalue weighted by atomic mass is 9.96. The van der Waals surface area contributed by atoms with Crippen molar-refractivity contribution < 1.29 is 19.5 Å². The van der Waals surface area contributed by atoms with Crippen molar-refractivity contribution in [3.63, 3.8) is 0 Å². The second kappa shape index (κ2) is 22.8. The van der Waals surface area contributed by atoms with E-state index in [1.165, 1.54) is 12.0 Å². The molecule has 1 fully saturated rings. The highest BCUT2D eigenvalue weighted by molar-refractivity contribution is 5.93. The minimum Gasteiger partial charge on any atom is -0.394 e. The lowest BCUT2D eigenvalue weighted by molar-refractivity contribution is -0.138. The molecule has 43 heavy (non-hydrogen) atoms. The largest absolute Gasteiger partial charge is 0.394 e. The third-order valence-corrected chi connectivity index (χ3v) is 7.63. The normalized spacial score (nSPS) is 17.3. The molecule has 8 heteroatoms. The van der Waals surface area contributed by atoms with E-state index in [0.29, 0.717) is 18.0 Å². The summed E-state index contributed by atoms with van der Waals surface area (Å²) in [5.74, 6) is -0.563. The molecule has 4 unspecified atom stereocenters. The molecule has 0 bridgehead atoms. The number of hydrogen-bond acceptors (Lipinski definition) is 5. The molecule has 4 atom stereocenters. The highest BCUT2D eigenvalue weighted by Gasteiger charge is 2.34. The van der Waals surface area contributed by atoms with Crippen LogP contribution in [0.15, 0.2) is 42.0 Å². The smallest absolute Gasteiger partial charge is 0.246 e. The first kappa shape index (κ1) is 40.3. The van der Waals surface area contributed by atoms with E-state index in [9.17, 15) is 19.5 Å². The van der Waals surface area contributed by atoms with Crippen LogP contribution in [0.1, 0.15) is 99.5 Å². The average Bonchev–Trinajstić information content (AvgIpc) is 3.00. The van der Waals surface area contributed by atoms with Crippen LogP contribution in [0.25, 0.3) is 0 Å². The Kier molecular flexibility index (Phi) is 21.3. The van der Waals surface area contributed by atoms with Crippen LogP contribution in [0.4, 0.5) is 0 Å². The van der Waals surface area contributed by atoms with Gasteiger partial charge in [0.25, 0.3) is 0 Å². The summed E-state index contributed by atoms with van der Waals surface area (Å²) in [4.78, 5) is 42.4. The fourth-order valence-electron chi connectivity index (χ4n) is 4.56. The van der Waals surface area contributed by atoms with Crippen LogP contribution in [-0.4, -0.2) is 83.5 Å². The molecular formula is C35H62N4O4. The average molecular weight is 603 g/mol. The van der Waals surface area contributed by atoms with Crippen molar-refractivity contribution in [3.8, 4) is 0 Å². The monoisotopic (exact) mass is 602 g/mol. The summed E-state index contributed by atoms with van der Waals surface area (Å²) in [6, 6.07) is 9.49. The molecule has 1 heterocycles. The fraction of sp³-hybridized carbons (Fsp3) is 0.686. The van der Waals surface area contributed by atoms with Crippen molar-refractivity contribution in [2.75, 3.05) is 26.7 Å². The first-order valence-corrected chi connectivity index (χ1v) is 16.3. The molecule has 0 aliphatic carbocycles. The van der Waals surface area contributed by atoms with Gasteiger partial charge in [0.1, 0.15) is 6.04 Å². The molecule has 0 saturated carbocycles. The third-order valence-electron chi connectivity index (χ3n) is 7.63. The van der Waals surface area contributed by atoms with Crippen LogP contribution in [-0.2, 0) is 14.4 Å². The van der Waals surface area contributed by atoms with Crippen LogP contribution < -0.4 is 10.6 Å². The van der Waals surface area contributed by atoms with E-state index in [4.69, 9.17) is 0 Å². The Morgan fingerprint density at radius 2 is 1.63 bits per heavy atom. The molecule has 1 saturated heterocycles. The van der Waals surface area contributed by atoms with Gasteiger partial charge in [-0.1, -0.05) is 96.4 Å². The molecule has 246 valence electrons. The number of piperidine rings is 1. The van der Waals surface area contributed by atoms with Gasteiger partial charge in [-0.25, -0.2) is 0 Å². The predicted molar refractivity (Wildman–Crippen MR) is 179 cm³/mol. The summed E-state index contributed by atoms with van der Waals surface area (Å²) < 4.78 is 0. The SMILES string of the molecule is CCC.CCC(CO)NC(=O)/C(C)=C/CN(C)C(=O)C(NC(=O)C1CCCCN1C(C)CC)C(C)C.Cc1ccccc1. The lowest BCUT2D eigenvalue weighted by Gasteiger charge is -2.39. The number of aliphatic hydroxyl groups excluding tert-OH is 1. The Hall–Kier alpha value is -2.71. The Labute approximate surface area is 262 Å². The first-order chi connectivity index (χ1) is 20.4. The van der Waals surface area contributed by atoms with Gasteiger partial charge in [0.15, 0.2) is 0 Å². The predicted octanol–water partition coefficient (Wildman–Crippen LogP) is 5.48. The second-order valence-electron chi connectivity index (χ2n) is 12.0. The number of likely N-dealkylation sites (N-methyl/N-ethyl adjacent to an activating group) is 1. The van der Waals surface area contributed by atoms with Crippen molar-refractivity contribution in [1.82, 2.24) is 20.4 Å². The van der Waals surface area contributed by atoms with Crippen LogP contribution in [0.2, 0.25) is 0 Å². The highest BCUT2D eigenvalue weighted by atomic mass is 16.3. The Bertz CT molecular complexity index is 946. The number of hydrogen-bond donors (Lipinski definition) is 3. The number of carbonyl (C=O) groups excluding carboxylic acids is 3. The zero-order chi connectivity index (χ0) is 32.9. The van der Waals surface area contributed by atoms with E-state index in [1.54, 1.807) is 24.9 Å². The van der Waals surface area contributed by atoms with Gasteiger partial charge in [-0.05, 0) is 58.9 Å². The summed E-state index contributed by atoms with van der Waals surface area (Å²) in [5, 5.41) is 15.1. The van der Waals surface area contributed by atoms with E-state index >= 15 is 0 Å². The summed E-state index contributed by atoms with van der Waals surface area (Å²) in [7, 11) is 1.68. The van der Waals surface area contributed by atoms with Gasteiger partial charge < -0.3 is 20.6 Å². The number of carbonyl (C=O) groups is 3. The maximum Gasteiger partial charge on any atom is 0.246 e. The van der Waals surface area contributed by atoms with Gasteiger partial charge in [0.05, 0.1) is 18.7 Å². The minimum absolute atomic E-state index is 0.0622. The number of rotatable bonds is 12.